The van der Waals surface area contributed by atoms with Crippen LogP contribution in [0.3, 0.4) is 0 Å². The van der Waals surface area contributed by atoms with Crippen LogP contribution < -0.4 is 15.1 Å². The zero-order chi connectivity index (χ0) is 17.7. The smallest absolute Gasteiger partial charge is 0.121 e. The lowest BCUT2D eigenvalue weighted by molar-refractivity contribution is -0.000189. The number of rotatable bonds is 2. The molecule has 26 heavy (non-hydrogen) atoms. The van der Waals surface area contributed by atoms with E-state index < -0.39 is 0 Å². The number of likely N-dealkylation sites (N-methyl/N-ethyl adjacent to an activating group) is 2. The van der Waals surface area contributed by atoms with Crippen LogP contribution >= 0.6 is 0 Å². The third-order valence-electron chi connectivity index (χ3n) is 6.94. The molecule has 0 amide bonds. The molecule has 140 valence electrons. The second-order valence-electron chi connectivity index (χ2n) is 8.50. The number of anilines is 2. The summed E-state index contributed by atoms with van der Waals surface area (Å²) in [7, 11) is 4.27. The molecule has 0 aliphatic carbocycles. The van der Waals surface area contributed by atoms with Crippen molar-refractivity contribution in [3.63, 3.8) is 0 Å². The minimum atomic E-state index is 0.370. The van der Waals surface area contributed by atoms with Crippen molar-refractivity contribution in [3.8, 4) is 0 Å². The highest BCUT2D eigenvalue weighted by molar-refractivity contribution is 5.67. The van der Waals surface area contributed by atoms with Crippen molar-refractivity contribution in [3.05, 3.63) is 36.2 Å². The van der Waals surface area contributed by atoms with E-state index in [-0.39, 0.29) is 0 Å². The van der Waals surface area contributed by atoms with E-state index in [2.05, 4.69) is 64.7 Å². The third-order valence-corrected chi connectivity index (χ3v) is 6.94. The van der Waals surface area contributed by atoms with Crippen LogP contribution in [0.15, 0.2) is 30.6 Å². The molecule has 1 aromatic carbocycles. The Bertz CT molecular complexity index is 704. The van der Waals surface area contributed by atoms with Crippen molar-refractivity contribution in [1.82, 2.24) is 10.2 Å². The Morgan fingerprint density at radius 2 is 1.96 bits per heavy atom. The molecule has 2 unspecified atom stereocenters. The maximum absolute atomic E-state index is 5.56. The summed E-state index contributed by atoms with van der Waals surface area (Å²) in [5.74, 6) is 0. The summed E-state index contributed by atoms with van der Waals surface area (Å²) >= 11 is 0. The molecule has 1 spiro atoms. The van der Waals surface area contributed by atoms with Gasteiger partial charge in [-0.2, -0.15) is 0 Å². The monoisotopic (exact) mass is 354 g/mol. The lowest BCUT2D eigenvalue weighted by Gasteiger charge is -2.53. The summed E-state index contributed by atoms with van der Waals surface area (Å²) in [4.78, 5) is 7.37. The molecule has 4 aliphatic heterocycles. The summed E-state index contributed by atoms with van der Waals surface area (Å²) in [5, 5.41) is 3.53. The van der Waals surface area contributed by atoms with Gasteiger partial charge in [-0.15, -0.1) is 0 Å². The van der Waals surface area contributed by atoms with Gasteiger partial charge < -0.3 is 24.8 Å². The standard InChI is InChI=1S/C21H30N4O/c1-22-18-6-4-16-3-5-17(13-19(16)25-10-9-23(2)20(18)25)24-14-21(15-24)7-11-26-12-8-21/h3,5,9-10,13,18,20,22H,4,6-8,11-12,14-15H2,1-2H3. The summed E-state index contributed by atoms with van der Waals surface area (Å²) in [6, 6.07) is 7.60. The lowest BCUT2D eigenvalue weighted by Crippen LogP contribution is -2.58. The molecule has 2 fully saturated rings. The van der Waals surface area contributed by atoms with Crippen LogP contribution in [0, 0.1) is 5.41 Å². The molecule has 4 heterocycles. The van der Waals surface area contributed by atoms with Crippen molar-refractivity contribution in [2.45, 2.75) is 37.9 Å². The highest BCUT2D eigenvalue weighted by Crippen LogP contribution is 2.44. The van der Waals surface area contributed by atoms with Gasteiger partial charge >= 0.3 is 0 Å². The SMILES string of the molecule is CNC1CCc2ccc(N3CC4(CCOCC4)C3)cc2N2C=CN(C)C12. The molecular weight excluding hydrogens is 324 g/mol. The van der Waals surface area contributed by atoms with Crippen LogP contribution in [-0.4, -0.2) is 57.5 Å². The van der Waals surface area contributed by atoms with Crippen molar-refractivity contribution in [1.29, 1.82) is 0 Å². The van der Waals surface area contributed by atoms with Gasteiger partial charge in [0, 0.05) is 68.6 Å². The molecule has 0 radical (unpaired) electrons. The zero-order valence-electron chi connectivity index (χ0n) is 15.9. The van der Waals surface area contributed by atoms with Crippen LogP contribution in [0.5, 0.6) is 0 Å². The quantitative estimate of drug-likeness (QED) is 0.881. The van der Waals surface area contributed by atoms with Crippen LogP contribution in [-0.2, 0) is 11.2 Å². The summed E-state index contributed by atoms with van der Waals surface area (Å²) in [6.45, 7) is 4.26. The summed E-state index contributed by atoms with van der Waals surface area (Å²) in [6.07, 6.45) is 9.57. The average Bonchev–Trinajstić information content (AvgIpc) is 2.94. The van der Waals surface area contributed by atoms with Crippen molar-refractivity contribution >= 4 is 11.4 Å². The molecular formula is C21H30N4O. The Morgan fingerprint density at radius 3 is 2.73 bits per heavy atom. The number of nitrogens with one attached hydrogen (secondary N) is 1. The van der Waals surface area contributed by atoms with Gasteiger partial charge in [-0.05, 0) is 50.4 Å². The topological polar surface area (TPSA) is 31.0 Å². The molecule has 0 saturated carbocycles. The fourth-order valence-corrected chi connectivity index (χ4v) is 5.27. The van der Waals surface area contributed by atoms with E-state index in [9.17, 15) is 0 Å². The van der Waals surface area contributed by atoms with E-state index in [1.165, 1.54) is 49.3 Å². The molecule has 2 saturated heterocycles. The number of aryl methyl sites for hydroxylation is 1. The first-order valence-corrected chi connectivity index (χ1v) is 10.0. The van der Waals surface area contributed by atoms with Crippen LogP contribution in [0.1, 0.15) is 24.8 Å². The fraction of sp³-hybridized carbons (Fsp3) is 0.619. The minimum absolute atomic E-state index is 0.370. The third kappa shape index (κ3) is 2.52. The predicted octanol–water partition coefficient (Wildman–Crippen LogP) is 2.39. The number of nitrogens with zero attached hydrogens (tertiary/aromatic N) is 3. The second-order valence-corrected chi connectivity index (χ2v) is 8.50. The molecule has 5 nitrogen and oxygen atoms in total. The Labute approximate surface area is 156 Å². The van der Waals surface area contributed by atoms with E-state index in [1.807, 2.05) is 0 Å². The van der Waals surface area contributed by atoms with Gasteiger partial charge in [0.25, 0.3) is 0 Å². The van der Waals surface area contributed by atoms with E-state index >= 15 is 0 Å². The van der Waals surface area contributed by atoms with E-state index in [4.69, 9.17) is 4.74 Å². The maximum atomic E-state index is 5.56. The van der Waals surface area contributed by atoms with Gasteiger partial charge in [-0.25, -0.2) is 0 Å². The number of hydrogen-bond donors (Lipinski definition) is 1. The molecule has 5 heteroatoms. The van der Waals surface area contributed by atoms with Gasteiger partial charge in [-0.1, -0.05) is 6.07 Å². The van der Waals surface area contributed by atoms with Gasteiger partial charge in [0.15, 0.2) is 0 Å². The predicted molar refractivity (Wildman–Crippen MR) is 105 cm³/mol. The van der Waals surface area contributed by atoms with Gasteiger partial charge in [0.1, 0.15) is 6.17 Å². The second kappa shape index (κ2) is 6.17. The van der Waals surface area contributed by atoms with Gasteiger partial charge in [-0.3, -0.25) is 0 Å². The van der Waals surface area contributed by atoms with Crippen LogP contribution in [0.4, 0.5) is 11.4 Å². The van der Waals surface area contributed by atoms with Crippen molar-refractivity contribution in [2.75, 3.05) is 50.2 Å². The molecule has 5 rings (SSSR count). The zero-order valence-corrected chi connectivity index (χ0v) is 15.9. The number of benzene rings is 1. The Hall–Kier alpha value is -1.72. The Morgan fingerprint density at radius 1 is 1.15 bits per heavy atom. The maximum Gasteiger partial charge on any atom is 0.121 e. The fourth-order valence-electron chi connectivity index (χ4n) is 5.27. The van der Waals surface area contributed by atoms with Gasteiger partial charge in [0.05, 0.1) is 0 Å². The minimum Gasteiger partial charge on any atom is -0.381 e. The molecule has 0 aromatic heterocycles. The molecule has 4 aliphatic rings. The normalized spacial score (nSPS) is 29.4. The Balaban J connectivity index is 1.41. The highest BCUT2D eigenvalue weighted by Gasteiger charge is 2.44. The summed E-state index contributed by atoms with van der Waals surface area (Å²) < 4.78 is 5.56. The first-order chi connectivity index (χ1) is 12.7. The first kappa shape index (κ1) is 16.5. The van der Waals surface area contributed by atoms with E-state index in [0.29, 0.717) is 17.6 Å². The van der Waals surface area contributed by atoms with Crippen molar-refractivity contribution < 1.29 is 4.74 Å². The molecule has 1 N–H and O–H groups in total. The van der Waals surface area contributed by atoms with Crippen molar-refractivity contribution in [2.24, 2.45) is 5.41 Å². The molecule has 1 aromatic rings. The van der Waals surface area contributed by atoms with E-state index in [1.54, 1.807) is 0 Å². The van der Waals surface area contributed by atoms with Gasteiger partial charge in [0.2, 0.25) is 0 Å². The molecule has 0 bridgehead atoms. The number of fused-ring (bicyclic) bond motifs is 3. The van der Waals surface area contributed by atoms with E-state index in [0.717, 1.165) is 19.6 Å². The number of hydrogen-bond acceptors (Lipinski definition) is 5. The average molecular weight is 354 g/mol. The summed E-state index contributed by atoms with van der Waals surface area (Å²) in [5.41, 5.74) is 4.75. The highest BCUT2D eigenvalue weighted by atomic mass is 16.5. The van der Waals surface area contributed by atoms with Crippen LogP contribution in [0.2, 0.25) is 0 Å². The Kier molecular flexibility index (Phi) is 3.90. The largest absolute Gasteiger partial charge is 0.381 e. The lowest BCUT2D eigenvalue weighted by atomic mass is 9.73. The first-order valence-electron chi connectivity index (χ1n) is 10.0. The van der Waals surface area contributed by atoms with Crippen LogP contribution in [0.25, 0.3) is 0 Å². The molecule has 2 atom stereocenters. The number of ether oxygens (including phenoxy) is 1.